The minimum atomic E-state index is -0.625. The van der Waals surface area contributed by atoms with E-state index in [-0.39, 0.29) is 17.9 Å². The van der Waals surface area contributed by atoms with Crippen molar-refractivity contribution in [2.75, 3.05) is 26.7 Å². The molecule has 1 amide bonds. The summed E-state index contributed by atoms with van der Waals surface area (Å²) in [6.45, 7) is 3.87. The zero-order valence-corrected chi connectivity index (χ0v) is 16.0. The predicted molar refractivity (Wildman–Crippen MR) is 102 cm³/mol. The summed E-state index contributed by atoms with van der Waals surface area (Å²) in [7, 11) is 1.69. The second-order valence-corrected chi connectivity index (χ2v) is 7.71. The topological polar surface area (TPSA) is 61.8 Å². The van der Waals surface area contributed by atoms with Crippen LogP contribution < -0.4 is 10.1 Å². The van der Waals surface area contributed by atoms with Gasteiger partial charge in [0.25, 0.3) is 0 Å². The molecule has 5 heteroatoms. The molecule has 144 valence electrons. The summed E-state index contributed by atoms with van der Waals surface area (Å²) in [6.07, 6.45) is 5.75. The number of nitrogens with one attached hydrogen (secondary N) is 1. The van der Waals surface area contributed by atoms with Gasteiger partial charge in [-0.25, -0.2) is 0 Å². The SMILES string of the molecule is CCCNC(=O)CN1CC[C@@]2(O)CCCC[C@@H]2[C@@H]1c1ccccc1OC. The highest BCUT2D eigenvalue weighted by Crippen LogP contribution is 2.50. The number of fused-ring (bicyclic) bond motifs is 1. The smallest absolute Gasteiger partial charge is 0.234 e. The Hall–Kier alpha value is -1.59. The molecule has 3 atom stereocenters. The molecule has 2 fully saturated rings. The van der Waals surface area contributed by atoms with Crippen LogP contribution in [0.25, 0.3) is 0 Å². The zero-order valence-electron chi connectivity index (χ0n) is 16.0. The monoisotopic (exact) mass is 360 g/mol. The lowest BCUT2D eigenvalue weighted by Gasteiger charge is -2.52. The van der Waals surface area contributed by atoms with Crippen LogP contribution in [0.2, 0.25) is 0 Å². The lowest BCUT2D eigenvalue weighted by Crippen LogP contribution is -2.56. The van der Waals surface area contributed by atoms with E-state index in [2.05, 4.69) is 23.2 Å². The van der Waals surface area contributed by atoms with Crippen LogP contribution in [0, 0.1) is 5.92 Å². The molecule has 2 aliphatic rings. The highest BCUT2D eigenvalue weighted by Gasteiger charge is 2.49. The van der Waals surface area contributed by atoms with E-state index in [4.69, 9.17) is 4.74 Å². The van der Waals surface area contributed by atoms with E-state index < -0.39 is 5.60 Å². The number of carbonyl (C=O) groups is 1. The third kappa shape index (κ3) is 3.89. The van der Waals surface area contributed by atoms with Crippen molar-refractivity contribution in [2.45, 2.75) is 57.1 Å². The number of nitrogens with zero attached hydrogens (tertiary/aromatic N) is 1. The van der Waals surface area contributed by atoms with Crippen LogP contribution in [0.15, 0.2) is 24.3 Å². The quantitative estimate of drug-likeness (QED) is 0.819. The predicted octanol–water partition coefficient (Wildman–Crippen LogP) is 2.89. The van der Waals surface area contributed by atoms with Crippen molar-refractivity contribution >= 4 is 5.91 Å². The molecule has 2 N–H and O–H groups in total. The van der Waals surface area contributed by atoms with Gasteiger partial charge in [0.2, 0.25) is 5.91 Å². The van der Waals surface area contributed by atoms with Gasteiger partial charge in [0.05, 0.1) is 19.3 Å². The van der Waals surface area contributed by atoms with Gasteiger partial charge in [0.1, 0.15) is 5.75 Å². The minimum Gasteiger partial charge on any atom is -0.496 e. The standard InChI is InChI=1S/C21H32N2O3/c1-3-13-22-19(24)15-23-14-12-21(25)11-7-6-9-17(21)20(23)16-8-4-5-10-18(16)26-2/h4-5,8,10,17,20,25H,3,6-7,9,11-15H2,1-2H3,(H,22,24)/t17-,20+,21+/m1/s1. The number of aliphatic hydroxyl groups is 1. The Bertz CT molecular complexity index is 621. The number of likely N-dealkylation sites (tertiary alicyclic amines) is 1. The second kappa shape index (κ2) is 8.40. The van der Waals surface area contributed by atoms with Crippen LogP contribution >= 0.6 is 0 Å². The largest absolute Gasteiger partial charge is 0.496 e. The molecule has 5 nitrogen and oxygen atoms in total. The Morgan fingerprint density at radius 2 is 2.15 bits per heavy atom. The number of benzene rings is 1. The highest BCUT2D eigenvalue weighted by atomic mass is 16.5. The van der Waals surface area contributed by atoms with Gasteiger partial charge in [-0.05, 0) is 31.7 Å². The number of hydrogen-bond acceptors (Lipinski definition) is 4. The number of para-hydroxylation sites is 1. The summed E-state index contributed by atoms with van der Waals surface area (Å²) in [6, 6.07) is 8.06. The van der Waals surface area contributed by atoms with Crippen molar-refractivity contribution in [3.8, 4) is 5.75 Å². The van der Waals surface area contributed by atoms with Crippen molar-refractivity contribution in [1.29, 1.82) is 0 Å². The summed E-state index contributed by atoms with van der Waals surface area (Å²) in [5, 5.41) is 14.3. The summed E-state index contributed by atoms with van der Waals surface area (Å²) < 4.78 is 5.62. The summed E-state index contributed by atoms with van der Waals surface area (Å²) in [5.74, 6) is 1.04. The Morgan fingerprint density at radius 1 is 1.35 bits per heavy atom. The lowest BCUT2D eigenvalue weighted by molar-refractivity contribution is -0.138. The highest BCUT2D eigenvalue weighted by molar-refractivity contribution is 5.78. The Balaban J connectivity index is 1.91. The molecular weight excluding hydrogens is 328 g/mol. The Kier molecular flexibility index (Phi) is 6.20. The van der Waals surface area contributed by atoms with Gasteiger partial charge in [0, 0.05) is 30.6 Å². The van der Waals surface area contributed by atoms with Crippen LogP contribution in [0.1, 0.15) is 57.1 Å². The molecule has 1 aromatic rings. The first-order valence-electron chi connectivity index (χ1n) is 9.95. The molecule has 1 aliphatic heterocycles. The number of piperidine rings is 1. The van der Waals surface area contributed by atoms with Crippen molar-refractivity contribution in [1.82, 2.24) is 10.2 Å². The van der Waals surface area contributed by atoms with E-state index in [1.165, 1.54) is 0 Å². The van der Waals surface area contributed by atoms with Crippen LogP contribution in [0.4, 0.5) is 0 Å². The van der Waals surface area contributed by atoms with Crippen LogP contribution in [0.5, 0.6) is 5.75 Å². The Labute approximate surface area is 156 Å². The van der Waals surface area contributed by atoms with Gasteiger partial charge >= 0.3 is 0 Å². The van der Waals surface area contributed by atoms with Crippen molar-refractivity contribution in [3.05, 3.63) is 29.8 Å². The normalized spacial score (nSPS) is 29.0. The molecule has 1 aromatic carbocycles. The molecular formula is C21H32N2O3. The minimum absolute atomic E-state index is 0.0116. The zero-order chi connectivity index (χ0) is 18.6. The van der Waals surface area contributed by atoms with Gasteiger partial charge in [-0.2, -0.15) is 0 Å². The van der Waals surface area contributed by atoms with Crippen LogP contribution in [-0.4, -0.2) is 48.3 Å². The molecule has 1 heterocycles. The van der Waals surface area contributed by atoms with E-state index >= 15 is 0 Å². The van der Waals surface area contributed by atoms with Gasteiger partial charge in [0.15, 0.2) is 0 Å². The number of carbonyl (C=O) groups excluding carboxylic acids is 1. The fourth-order valence-electron chi connectivity index (χ4n) is 4.75. The lowest BCUT2D eigenvalue weighted by atomic mass is 9.66. The first-order valence-corrected chi connectivity index (χ1v) is 9.95. The number of amides is 1. The molecule has 1 aliphatic carbocycles. The molecule has 0 unspecified atom stereocenters. The van der Waals surface area contributed by atoms with E-state index in [0.717, 1.165) is 56.4 Å². The van der Waals surface area contributed by atoms with Crippen molar-refractivity contribution in [2.24, 2.45) is 5.92 Å². The molecule has 26 heavy (non-hydrogen) atoms. The molecule has 3 rings (SSSR count). The van der Waals surface area contributed by atoms with Crippen molar-refractivity contribution in [3.63, 3.8) is 0 Å². The molecule has 0 bridgehead atoms. The molecule has 1 saturated heterocycles. The summed E-state index contributed by atoms with van der Waals surface area (Å²) in [4.78, 5) is 14.6. The van der Waals surface area contributed by atoms with Crippen LogP contribution in [-0.2, 0) is 4.79 Å². The summed E-state index contributed by atoms with van der Waals surface area (Å²) >= 11 is 0. The second-order valence-electron chi connectivity index (χ2n) is 7.71. The van der Waals surface area contributed by atoms with E-state index in [1.54, 1.807) is 7.11 Å². The van der Waals surface area contributed by atoms with E-state index in [1.807, 2.05) is 18.2 Å². The molecule has 0 aromatic heterocycles. The number of ether oxygens (including phenoxy) is 1. The summed E-state index contributed by atoms with van der Waals surface area (Å²) in [5.41, 5.74) is 0.462. The third-order valence-corrected chi connectivity index (χ3v) is 6.05. The fourth-order valence-corrected chi connectivity index (χ4v) is 4.75. The number of rotatable bonds is 6. The number of methoxy groups -OCH3 is 1. The van der Waals surface area contributed by atoms with Gasteiger partial charge < -0.3 is 15.2 Å². The maximum Gasteiger partial charge on any atom is 0.234 e. The molecule has 0 spiro atoms. The number of hydrogen-bond donors (Lipinski definition) is 2. The maximum atomic E-state index is 12.4. The maximum absolute atomic E-state index is 12.4. The van der Waals surface area contributed by atoms with Crippen LogP contribution in [0.3, 0.4) is 0 Å². The Morgan fingerprint density at radius 3 is 2.92 bits per heavy atom. The van der Waals surface area contributed by atoms with E-state index in [9.17, 15) is 9.90 Å². The molecule has 0 radical (unpaired) electrons. The average Bonchev–Trinajstić information content (AvgIpc) is 2.66. The first-order chi connectivity index (χ1) is 12.6. The first kappa shape index (κ1) is 19.2. The molecule has 1 saturated carbocycles. The van der Waals surface area contributed by atoms with E-state index in [0.29, 0.717) is 13.1 Å². The average molecular weight is 360 g/mol. The van der Waals surface area contributed by atoms with Gasteiger partial charge in [-0.1, -0.05) is 38.0 Å². The van der Waals surface area contributed by atoms with Crippen molar-refractivity contribution < 1.29 is 14.6 Å². The van der Waals surface area contributed by atoms with Gasteiger partial charge in [-0.15, -0.1) is 0 Å². The third-order valence-electron chi connectivity index (χ3n) is 6.05. The van der Waals surface area contributed by atoms with Gasteiger partial charge in [-0.3, -0.25) is 9.69 Å². The fraction of sp³-hybridized carbons (Fsp3) is 0.667.